The number of hydrogen-bond donors (Lipinski definition) is 1. The number of thiophene rings is 1. The van der Waals surface area contributed by atoms with Crippen molar-refractivity contribution < 1.29 is 5.11 Å². The zero-order valence-electron chi connectivity index (χ0n) is 13.9. The molecule has 6 heteroatoms. The van der Waals surface area contributed by atoms with Crippen LogP contribution in [0.4, 0.5) is 0 Å². The smallest absolute Gasteiger partial charge is 0.219 e. The van der Waals surface area contributed by atoms with Crippen molar-refractivity contribution in [1.82, 2.24) is 9.55 Å². The molecule has 126 valence electrons. The number of rotatable bonds is 3. The van der Waals surface area contributed by atoms with Gasteiger partial charge in [0, 0.05) is 33.1 Å². The molecule has 0 atom stereocenters. The second kappa shape index (κ2) is 6.54. The Morgan fingerprint density at radius 2 is 2.08 bits per heavy atom. The zero-order chi connectivity index (χ0) is 17.4. The highest BCUT2D eigenvalue weighted by molar-refractivity contribution is 8.15. The Bertz CT molecular complexity index is 1080. The molecule has 3 heterocycles. The summed E-state index contributed by atoms with van der Waals surface area (Å²) in [5.74, 6) is 0.934. The SMILES string of the molecule is CCN=C1C=c2sc(=Cc3nc(-c4ccccc4)n(C)c3O)cc2S1. The number of hydrogen-bond acceptors (Lipinski definition) is 5. The van der Waals surface area contributed by atoms with Crippen molar-refractivity contribution in [2.24, 2.45) is 12.0 Å². The van der Waals surface area contributed by atoms with Crippen LogP contribution in [-0.4, -0.2) is 26.2 Å². The summed E-state index contributed by atoms with van der Waals surface area (Å²) in [4.78, 5) is 10.3. The monoisotopic (exact) mass is 367 g/mol. The van der Waals surface area contributed by atoms with Gasteiger partial charge in [0.2, 0.25) is 5.88 Å². The Hall–Kier alpha value is -2.31. The number of aromatic hydroxyl groups is 1. The molecule has 1 aliphatic rings. The summed E-state index contributed by atoms with van der Waals surface area (Å²) in [6.45, 7) is 2.85. The fourth-order valence-electron chi connectivity index (χ4n) is 2.73. The summed E-state index contributed by atoms with van der Waals surface area (Å²) in [6.07, 6.45) is 4.06. The van der Waals surface area contributed by atoms with Crippen LogP contribution in [0, 0.1) is 0 Å². The molecule has 0 bridgehead atoms. The van der Waals surface area contributed by atoms with E-state index in [-0.39, 0.29) is 5.88 Å². The third kappa shape index (κ3) is 3.03. The highest BCUT2D eigenvalue weighted by atomic mass is 32.2. The number of imidazole rings is 1. The second-order valence-corrected chi connectivity index (χ2v) is 7.83. The van der Waals surface area contributed by atoms with Crippen LogP contribution in [0.3, 0.4) is 0 Å². The maximum absolute atomic E-state index is 10.4. The van der Waals surface area contributed by atoms with E-state index in [4.69, 9.17) is 0 Å². The zero-order valence-corrected chi connectivity index (χ0v) is 15.6. The van der Waals surface area contributed by atoms with Crippen LogP contribution in [0.1, 0.15) is 12.6 Å². The maximum Gasteiger partial charge on any atom is 0.219 e. The first kappa shape index (κ1) is 16.2. The van der Waals surface area contributed by atoms with E-state index in [0.29, 0.717) is 5.69 Å². The molecule has 0 amide bonds. The molecule has 0 saturated carbocycles. The predicted molar refractivity (Wildman–Crippen MR) is 106 cm³/mol. The Kier molecular flexibility index (Phi) is 4.23. The minimum Gasteiger partial charge on any atom is -0.493 e. The molecule has 1 aliphatic heterocycles. The molecule has 0 radical (unpaired) electrons. The van der Waals surface area contributed by atoms with E-state index in [0.717, 1.165) is 27.5 Å². The van der Waals surface area contributed by atoms with E-state index >= 15 is 0 Å². The molecule has 2 aromatic heterocycles. The van der Waals surface area contributed by atoms with Gasteiger partial charge in [0.1, 0.15) is 11.5 Å². The highest BCUT2D eigenvalue weighted by Gasteiger charge is 2.15. The molecule has 1 N–H and O–H groups in total. The van der Waals surface area contributed by atoms with Gasteiger partial charge in [-0.2, -0.15) is 0 Å². The predicted octanol–water partition coefficient (Wildman–Crippen LogP) is 2.99. The van der Waals surface area contributed by atoms with E-state index in [2.05, 4.69) is 22.1 Å². The average molecular weight is 367 g/mol. The van der Waals surface area contributed by atoms with Crippen LogP contribution in [-0.2, 0) is 7.05 Å². The Morgan fingerprint density at radius 1 is 1.28 bits per heavy atom. The number of fused-ring (bicyclic) bond motifs is 1. The molecular weight excluding hydrogens is 350 g/mol. The lowest BCUT2D eigenvalue weighted by molar-refractivity contribution is 0.432. The normalized spacial score (nSPS) is 15.6. The van der Waals surface area contributed by atoms with Crippen LogP contribution in [0.5, 0.6) is 5.88 Å². The topological polar surface area (TPSA) is 50.4 Å². The van der Waals surface area contributed by atoms with Gasteiger partial charge in [-0.05, 0) is 25.1 Å². The lowest BCUT2D eigenvalue weighted by Gasteiger charge is -2.01. The number of thioether (sulfide) groups is 1. The first-order valence-electron chi connectivity index (χ1n) is 8.02. The fourth-order valence-corrected chi connectivity index (χ4v) is 5.01. The van der Waals surface area contributed by atoms with Gasteiger partial charge < -0.3 is 5.11 Å². The number of benzene rings is 1. The summed E-state index contributed by atoms with van der Waals surface area (Å²) in [5.41, 5.74) is 1.58. The summed E-state index contributed by atoms with van der Waals surface area (Å²) < 4.78 is 4.02. The first-order chi connectivity index (χ1) is 12.2. The van der Waals surface area contributed by atoms with Crippen molar-refractivity contribution in [2.75, 3.05) is 6.54 Å². The molecular formula is C19H17N3OS2. The second-order valence-electron chi connectivity index (χ2n) is 5.65. The molecule has 0 saturated heterocycles. The summed E-state index contributed by atoms with van der Waals surface area (Å²) in [7, 11) is 1.83. The lowest BCUT2D eigenvalue weighted by Crippen LogP contribution is -1.94. The van der Waals surface area contributed by atoms with Crippen molar-refractivity contribution in [3.05, 3.63) is 51.2 Å². The molecule has 0 unspecified atom stereocenters. The van der Waals surface area contributed by atoms with Crippen molar-refractivity contribution in [1.29, 1.82) is 0 Å². The van der Waals surface area contributed by atoms with E-state index in [1.807, 2.05) is 50.4 Å². The van der Waals surface area contributed by atoms with Crippen molar-refractivity contribution >= 4 is 40.3 Å². The van der Waals surface area contributed by atoms with Gasteiger partial charge in [-0.1, -0.05) is 42.1 Å². The van der Waals surface area contributed by atoms with Gasteiger partial charge in [-0.25, -0.2) is 4.98 Å². The van der Waals surface area contributed by atoms with Crippen molar-refractivity contribution in [3.8, 4) is 17.3 Å². The lowest BCUT2D eigenvalue weighted by atomic mass is 10.2. The Balaban J connectivity index is 1.76. The standard InChI is InChI=1S/C19H17N3OS2/c1-3-20-17-11-16-15(25-17)10-13(24-16)9-14-19(23)22(2)18(21-14)12-7-5-4-6-8-12/h4-11,23H,3H2,1-2H3. The number of nitrogens with zero attached hydrogens (tertiary/aromatic N) is 3. The van der Waals surface area contributed by atoms with E-state index in [1.165, 1.54) is 9.43 Å². The minimum atomic E-state index is 0.178. The van der Waals surface area contributed by atoms with Gasteiger partial charge in [-0.3, -0.25) is 9.56 Å². The largest absolute Gasteiger partial charge is 0.493 e. The van der Waals surface area contributed by atoms with Crippen LogP contribution >= 0.6 is 23.1 Å². The van der Waals surface area contributed by atoms with Gasteiger partial charge in [0.05, 0.1) is 5.04 Å². The van der Waals surface area contributed by atoms with Gasteiger partial charge in [0.15, 0.2) is 0 Å². The highest BCUT2D eigenvalue weighted by Crippen LogP contribution is 2.26. The Labute approximate surface area is 153 Å². The third-order valence-corrected chi connectivity index (χ3v) is 6.10. The quantitative estimate of drug-likeness (QED) is 0.774. The molecule has 3 aromatic rings. The molecule has 0 fully saturated rings. The number of aliphatic imine (C=N–C) groups is 1. The average Bonchev–Trinajstić information content (AvgIpc) is 3.24. The summed E-state index contributed by atoms with van der Waals surface area (Å²) in [6, 6.07) is 12.0. The van der Waals surface area contributed by atoms with Gasteiger partial charge >= 0.3 is 0 Å². The van der Waals surface area contributed by atoms with Crippen LogP contribution in [0.2, 0.25) is 0 Å². The minimum absolute atomic E-state index is 0.178. The van der Waals surface area contributed by atoms with Gasteiger partial charge in [0.25, 0.3) is 0 Å². The van der Waals surface area contributed by atoms with Crippen LogP contribution < -0.4 is 9.06 Å². The van der Waals surface area contributed by atoms with Crippen molar-refractivity contribution in [3.63, 3.8) is 0 Å². The molecule has 0 aliphatic carbocycles. The van der Waals surface area contributed by atoms with Crippen LogP contribution in [0.25, 0.3) is 23.5 Å². The summed E-state index contributed by atoms with van der Waals surface area (Å²) in [5, 5.41) is 11.5. The first-order valence-corrected chi connectivity index (χ1v) is 9.65. The summed E-state index contributed by atoms with van der Waals surface area (Å²) >= 11 is 3.39. The van der Waals surface area contributed by atoms with Gasteiger partial charge in [-0.15, -0.1) is 11.3 Å². The van der Waals surface area contributed by atoms with E-state index < -0.39 is 0 Å². The molecule has 25 heavy (non-hydrogen) atoms. The Morgan fingerprint density at radius 3 is 2.80 bits per heavy atom. The number of aromatic nitrogens is 2. The molecule has 4 rings (SSSR count). The van der Waals surface area contributed by atoms with E-state index in [9.17, 15) is 5.11 Å². The third-order valence-electron chi connectivity index (χ3n) is 3.93. The molecule has 1 aromatic carbocycles. The van der Waals surface area contributed by atoms with Crippen molar-refractivity contribution in [2.45, 2.75) is 11.8 Å². The molecule has 0 spiro atoms. The van der Waals surface area contributed by atoms with E-state index in [1.54, 1.807) is 27.7 Å². The fraction of sp³-hybridized carbons (Fsp3) is 0.158. The van der Waals surface area contributed by atoms with Crippen LogP contribution in [0.15, 0.2) is 46.3 Å². The maximum atomic E-state index is 10.4. The molecule has 4 nitrogen and oxygen atoms in total.